The summed E-state index contributed by atoms with van der Waals surface area (Å²) in [7, 11) is 1.51. The highest BCUT2D eigenvalue weighted by Gasteiger charge is 2.19. The molecule has 0 saturated heterocycles. The zero-order chi connectivity index (χ0) is 20.8. The monoisotopic (exact) mass is 400 g/mol. The van der Waals surface area contributed by atoms with E-state index in [0.29, 0.717) is 40.7 Å². The van der Waals surface area contributed by atoms with E-state index in [1.165, 1.54) is 31.4 Å². The van der Waals surface area contributed by atoms with E-state index in [0.717, 1.165) is 0 Å². The lowest BCUT2D eigenvalue weighted by Gasteiger charge is -2.19. The number of nitro benzene ring substituents is 1. The van der Waals surface area contributed by atoms with Crippen molar-refractivity contribution in [2.24, 2.45) is 0 Å². The second-order valence-electron chi connectivity index (χ2n) is 6.01. The molecule has 0 atom stereocenters. The maximum absolute atomic E-state index is 12.3. The molecule has 3 rings (SSSR count). The Morgan fingerprint density at radius 2 is 2.14 bits per heavy atom. The molecular formula is C20H20N2O7. The summed E-state index contributed by atoms with van der Waals surface area (Å²) in [6, 6.07) is 7.79. The SMILES string of the molecule is CCOc1ccc(NC(=O)/C=C/c2cc([N+](=O)[O-])cc3c2OCOC3)cc1OC. The average Bonchev–Trinajstić information content (AvgIpc) is 2.73. The minimum Gasteiger partial charge on any atom is -0.493 e. The highest BCUT2D eigenvalue weighted by atomic mass is 16.7. The minimum atomic E-state index is -0.501. The van der Waals surface area contributed by atoms with Gasteiger partial charge in [-0.2, -0.15) is 0 Å². The third-order valence-corrected chi connectivity index (χ3v) is 4.08. The van der Waals surface area contributed by atoms with E-state index >= 15 is 0 Å². The fourth-order valence-electron chi connectivity index (χ4n) is 2.83. The van der Waals surface area contributed by atoms with Crippen molar-refractivity contribution in [2.75, 3.05) is 25.8 Å². The predicted octanol–water partition coefficient (Wildman–Crippen LogP) is 3.52. The number of amides is 1. The molecule has 0 aromatic heterocycles. The largest absolute Gasteiger partial charge is 0.493 e. The van der Waals surface area contributed by atoms with E-state index in [4.69, 9.17) is 18.9 Å². The molecule has 0 radical (unpaired) electrons. The van der Waals surface area contributed by atoms with Crippen LogP contribution < -0.4 is 19.5 Å². The molecule has 9 nitrogen and oxygen atoms in total. The van der Waals surface area contributed by atoms with Gasteiger partial charge in [-0.25, -0.2) is 0 Å². The summed E-state index contributed by atoms with van der Waals surface area (Å²) in [4.78, 5) is 23.0. The van der Waals surface area contributed by atoms with Crippen LogP contribution in [0.2, 0.25) is 0 Å². The number of non-ortho nitro benzene ring substituents is 1. The summed E-state index contributed by atoms with van der Waals surface area (Å²) in [6.07, 6.45) is 2.75. The van der Waals surface area contributed by atoms with Gasteiger partial charge in [-0.3, -0.25) is 14.9 Å². The molecular weight excluding hydrogens is 380 g/mol. The van der Waals surface area contributed by atoms with Crippen LogP contribution in [0.1, 0.15) is 18.1 Å². The van der Waals surface area contributed by atoms with Crippen LogP contribution in [0.4, 0.5) is 11.4 Å². The number of carbonyl (C=O) groups is 1. The number of hydrogen-bond donors (Lipinski definition) is 1. The Morgan fingerprint density at radius 3 is 2.86 bits per heavy atom. The zero-order valence-corrected chi connectivity index (χ0v) is 16.0. The quantitative estimate of drug-likeness (QED) is 0.430. The van der Waals surface area contributed by atoms with E-state index in [-0.39, 0.29) is 19.1 Å². The molecule has 0 saturated carbocycles. The Bertz CT molecular complexity index is 956. The van der Waals surface area contributed by atoms with Crippen LogP contribution >= 0.6 is 0 Å². The fourth-order valence-corrected chi connectivity index (χ4v) is 2.83. The number of rotatable bonds is 7. The van der Waals surface area contributed by atoms with Crippen molar-refractivity contribution in [3.63, 3.8) is 0 Å². The lowest BCUT2D eigenvalue weighted by Crippen LogP contribution is -2.13. The summed E-state index contributed by atoms with van der Waals surface area (Å²) in [5.74, 6) is 1.12. The normalized spacial score (nSPS) is 12.8. The van der Waals surface area contributed by atoms with Crippen molar-refractivity contribution in [3.05, 3.63) is 57.6 Å². The Labute approximate surface area is 167 Å². The lowest BCUT2D eigenvalue weighted by atomic mass is 10.1. The highest BCUT2D eigenvalue weighted by molar-refractivity contribution is 6.02. The molecule has 1 aliphatic rings. The zero-order valence-electron chi connectivity index (χ0n) is 16.0. The van der Waals surface area contributed by atoms with Gasteiger partial charge in [-0.1, -0.05) is 0 Å². The van der Waals surface area contributed by atoms with E-state index in [2.05, 4.69) is 5.32 Å². The first-order chi connectivity index (χ1) is 14.0. The van der Waals surface area contributed by atoms with Crippen molar-refractivity contribution in [2.45, 2.75) is 13.5 Å². The standard InChI is InChI=1S/C20H20N2O7/c1-3-28-17-6-5-15(10-18(17)26-2)21-19(23)7-4-13-8-16(22(24)25)9-14-11-27-12-29-20(13)14/h4-10H,3,11-12H2,1-2H3,(H,21,23)/b7-4+. The number of hydrogen-bond acceptors (Lipinski definition) is 7. The smallest absolute Gasteiger partial charge is 0.270 e. The molecule has 29 heavy (non-hydrogen) atoms. The number of ether oxygens (including phenoxy) is 4. The topological polar surface area (TPSA) is 109 Å². The third kappa shape index (κ3) is 4.82. The molecule has 1 heterocycles. The van der Waals surface area contributed by atoms with Gasteiger partial charge < -0.3 is 24.3 Å². The maximum atomic E-state index is 12.3. The predicted molar refractivity (Wildman–Crippen MR) is 105 cm³/mol. The molecule has 2 aromatic rings. The number of nitrogens with one attached hydrogen (secondary N) is 1. The second kappa shape index (κ2) is 9.07. The van der Waals surface area contributed by atoms with Crippen molar-refractivity contribution < 1.29 is 28.7 Å². The molecule has 1 aliphatic heterocycles. The number of carbonyl (C=O) groups excluding carboxylic acids is 1. The number of fused-ring (bicyclic) bond motifs is 1. The molecule has 1 amide bonds. The van der Waals surface area contributed by atoms with Crippen LogP contribution in [0, 0.1) is 10.1 Å². The van der Waals surface area contributed by atoms with Crippen LogP contribution in [0.25, 0.3) is 6.08 Å². The van der Waals surface area contributed by atoms with Crippen LogP contribution in [0.3, 0.4) is 0 Å². The third-order valence-electron chi connectivity index (χ3n) is 4.08. The first-order valence-corrected chi connectivity index (χ1v) is 8.83. The van der Waals surface area contributed by atoms with Gasteiger partial charge in [0.2, 0.25) is 5.91 Å². The Balaban J connectivity index is 1.79. The van der Waals surface area contributed by atoms with Gasteiger partial charge in [-0.15, -0.1) is 0 Å². The fraction of sp³-hybridized carbons (Fsp3) is 0.250. The molecule has 0 spiro atoms. The second-order valence-corrected chi connectivity index (χ2v) is 6.01. The number of methoxy groups -OCH3 is 1. The van der Waals surface area contributed by atoms with Crippen molar-refractivity contribution in [1.29, 1.82) is 0 Å². The van der Waals surface area contributed by atoms with E-state index < -0.39 is 10.8 Å². The van der Waals surface area contributed by atoms with Crippen LogP contribution in [-0.4, -0.2) is 31.3 Å². The summed E-state index contributed by atoms with van der Waals surface area (Å²) in [5, 5.41) is 13.9. The first kappa shape index (κ1) is 20.2. The molecule has 9 heteroatoms. The van der Waals surface area contributed by atoms with Crippen molar-refractivity contribution >= 4 is 23.4 Å². The maximum Gasteiger partial charge on any atom is 0.270 e. The van der Waals surface area contributed by atoms with Crippen molar-refractivity contribution in [3.8, 4) is 17.2 Å². The van der Waals surface area contributed by atoms with Gasteiger partial charge in [0.15, 0.2) is 18.3 Å². The first-order valence-electron chi connectivity index (χ1n) is 8.83. The Morgan fingerprint density at radius 1 is 1.31 bits per heavy atom. The Kier molecular flexibility index (Phi) is 6.30. The number of benzene rings is 2. The molecule has 0 unspecified atom stereocenters. The average molecular weight is 400 g/mol. The highest BCUT2D eigenvalue weighted by Crippen LogP contribution is 2.33. The minimum absolute atomic E-state index is 0.0455. The molecule has 0 fully saturated rings. The summed E-state index contributed by atoms with van der Waals surface area (Å²) in [6.45, 7) is 2.60. The van der Waals surface area contributed by atoms with Gasteiger partial charge in [0.05, 0.1) is 25.2 Å². The van der Waals surface area contributed by atoms with Crippen LogP contribution in [-0.2, 0) is 16.1 Å². The van der Waals surface area contributed by atoms with Gasteiger partial charge in [0, 0.05) is 41.1 Å². The molecule has 0 bridgehead atoms. The van der Waals surface area contributed by atoms with Gasteiger partial charge in [0.1, 0.15) is 5.75 Å². The summed E-state index contributed by atoms with van der Waals surface area (Å²) >= 11 is 0. The van der Waals surface area contributed by atoms with Crippen LogP contribution in [0.5, 0.6) is 17.2 Å². The Hall–Kier alpha value is -3.59. The molecule has 152 valence electrons. The lowest BCUT2D eigenvalue weighted by molar-refractivity contribution is -0.385. The molecule has 1 N–H and O–H groups in total. The number of nitro groups is 1. The van der Waals surface area contributed by atoms with Crippen LogP contribution in [0.15, 0.2) is 36.4 Å². The van der Waals surface area contributed by atoms with Gasteiger partial charge in [0.25, 0.3) is 5.69 Å². The molecule has 0 aliphatic carbocycles. The van der Waals surface area contributed by atoms with E-state index in [1.807, 2.05) is 6.92 Å². The summed E-state index contributed by atoms with van der Waals surface area (Å²) in [5.41, 5.74) is 1.40. The van der Waals surface area contributed by atoms with E-state index in [9.17, 15) is 14.9 Å². The summed E-state index contributed by atoms with van der Waals surface area (Å²) < 4.78 is 21.3. The number of nitrogens with zero attached hydrogens (tertiary/aromatic N) is 1. The molecule has 2 aromatic carbocycles. The van der Waals surface area contributed by atoms with Gasteiger partial charge >= 0.3 is 0 Å². The van der Waals surface area contributed by atoms with Gasteiger partial charge in [-0.05, 0) is 25.1 Å². The van der Waals surface area contributed by atoms with Crippen molar-refractivity contribution in [1.82, 2.24) is 0 Å². The van der Waals surface area contributed by atoms with E-state index in [1.54, 1.807) is 18.2 Å². The number of anilines is 1.